The van der Waals surface area contributed by atoms with E-state index >= 15 is 0 Å². The van der Waals surface area contributed by atoms with Gasteiger partial charge in [0.25, 0.3) is 0 Å². The van der Waals surface area contributed by atoms with Crippen molar-refractivity contribution in [2.45, 2.75) is 24.5 Å². The summed E-state index contributed by atoms with van der Waals surface area (Å²) in [5.74, 6) is 0.437. The molecule has 1 aromatic heterocycles. The molecule has 0 saturated heterocycles. The van der Waals surface area contributed by atoms with Gasteiger partial charge in [0, 0.05) is 16.3 Å². The first-order valence-electron chi connectivity index (χ1n) is 5.73. The number of aromatic nitrogens is 1. The molecule has 0 aliphatic heterocycles. The third-order valence-corrected chi connectivity index (χ3v) is 4.18. The second kappa shape index (κ2) is 5.31. The lowest BCUT2D eigenvalue weighted by Crippen LogP contribution is -2.02. The van der Waals surface area contributed by atoms with Gasteiger partial charge >= 0.3 is 0 Å². The van der Waals surface area contributed by atoms with Gasteiger partial charge in [0.2, 0.25) is 0 Å². The number of hydrogen-bond acceptors (Lipinski definition) is 3. The number of pyridine rings is 1. The molecule has 2 rings (SSSR count). The Hall–Kier alpha value is -1.68. The molecule has 0 bridgehead atoms. The van der Waals surface area contributed by atoms with Gasteiger partial charge in [0.1, 0.15) is 0 Å². The Morgan fingerprint density at radius 1 is 1.22 bits per heavy atom. The van der Waals surface area contributed by atoms with E-state index in [2.05, 4.69) is 4.98 Å². The Labute approximate surface area is 110 Å². The first-order chi connectivity index (χ1) is 8.56. The summed E-state index contributed by atoms with van der Waals surface area (Å²) in [4.78, 5) is 5.19. The Bertz CT molecular complexity index is 596. The summed E-state index contributed by atoms with van der Waals surface area (Å²) in [6, 6.07) is 11.2. The number of hydrogen-bond donors (Lipinski definition) is 1. The van der Waals surface area contributed by atoms with Gasteiger partial charge < -0.3 is 5.73 Å². The number of anilines is 1. The number of aryl methyl sites for hydroxylation is 2. The lowest BCUT2D eigenvalue weighted by atomic mass is 10.2. The van der Waals surface area contributed by atoms with Crippen LogP contribution in [0.4, 0.5) is 5.69 Å². The van der Waals surface area contributed by atoms with Gasteiger partial charge in [-0.05, 0) is 49.7 Å². The van der Waals surface area contributed by atoms with Gasteiger partial charge in [0.05, 0.1) is 22.2 Å². The minimum atomic E-state index is -1.08. The zero-order chi connectivity index (χ0) is 13.1. The molecular weight excluding hydrogens is 244 g/mol. The largest absolute Gasteiger partial charge is 0.399 e. The molecular formula is C14H16N2OS. The standard InChI is InChI=1S/C14H16N2OS/c1-10-8-12(15)6-7-14(10)18(17)9-13-5-3-4-11(2)16-13/h3-8H,9,15H2,1-2H3. The smallest absolute Gasteiger partial charge is 0.0705 e. The molecule has 4 heteroatoms. The predicted octanol–water partition coefficient (Wildman–Crippen LogP) is 2.59. The zero-order valence-corrected chi connectivity index (χ0v) is 11.3. The molecule has 0 fully saturated rings. The van der Waals surface area contributed by atoms with Crippen LogP contribution in [-0.4, -0.2) is 9.19 Å². The quantitative estimate of drug-likeness (QED) is 0.863. The monoisotopic (exact) mass is 260 g/mol. The van der Waals surface area contributed by atoms with Gasteiger partial charge in [-0.2, -0.15) is 0 Å². The van der Waals surface area contributed by atoms with E-state index in [0.717, 1.165) is 21.8 Å². The fourth-order valence-corrected chi connectivity index (χ4v) is 3.04. The highest BCUT2D eigenvalue weighted by molar-refractivity contribution is 7.84. The highest BCUT2D eigenvalue weighted by Crippen LogP contribution is 2.18. The van der Waals surface area contributed by atoms with Crippen LogP contribution in [0.5, 0.6) is 0 Å². The summed E-state index contributed by atoms with van der Waals surface area (Å²) in [6.07, 6.45) is 0. The van der Waals surface area contributed by atoms with E-state index in [1.165, 1.54) is 0 Å². The topological polar surface area (TPSA) is 56.0 Å². The number of rotatable bonds is 3. The van der Waals surface area contributed by atoms with Crippen molar-refractivity contribution >= 4 is 16.5 Å². The molecule has 3 nitrogen and oxygen atoms in total. The summed E-state index contributed by atoms with van der Waals surface area (Å²) < 4.78 is 12.3. The average molecular weight is 260 g/mol. The summed E-state index contributed by atoms with van der Waals surface area (Å²) in [5.41, 5.74) is 9.14. The molecule has 0 saturated carbocycles. The van der Waals surface area contributed by atoms with Crippen LogP contribution in [0.25, 0.3) is 0 Å². The fourth-order valence-electron chi connectivity index (χ4n) is 1.82. The number of benzene rings is 1. The van der Waals surface area contributed by atoms with Crippen LogP contribution in [0, 0.1) is 13.8 Å². The molecule has 0 aliphatic rings. The minimum absolute atomic E-state index is 0.437. The van der Waals surface area contributed by atoms with Crippen LogP contribution >= 0.6 is 0 Å². The van der Waals surface area contributed by atoms with Crippen LogP contribution in [0.15, 0.2) is 41.3 Å². The third kappa shape index (κ3) is 2.96. The van der Waals surface area contributed by atoms with Crippen LogP contribution in [0.1, 0.15) is 17.0 Å². The lowest BCUT2D eigenvalue weighted by Gasteiger charge is -2.07. The molecule has 2 N–H and O–H groups in total. The van der Waals surface area contributed by atoms with Gasteiger partial charge in [-0.1, -0.05) is 6.07 Å². The van der Waals surface area contributed by atoms with Crippen molar-refractivity contribution in [2.75, 3.05) is 5.73 Å². The van der Waals surface area contributed by atoms with Crippen molar-refractivity contribution in [3.8, 4) is 0 Å². The average Bonchev–Trinajstić information content (AvgIpc) is 2.28. The number of nitrogens with two attached hydrogens (primary N) is 1. The summed E-state index contributed by atoms with van der Waals surface area (Å²) in [6.45, 7) is 3.86. The molecule has 0 spiro atoms. The summed E-state index contributed by atoms with van der Waals surface area (Å²) >= 11 is 0. The molecule has 1 heterocycles. The molecule has 0 radical (unpaired) electrons. The number of nitrogens with zero attached hydrogens (tertiary/aromatic N) is 1. The zero-order valence-electron chi connectivity index (χ0n) is 10.5. The van der Waals surface area contributed by atoms with Crippen molar-refractivity contribution < 1.29 is 4.21 Å². The maximum atomic E-state index is 12.3. The van der Waals surface area contributed by atoms with Crippen molar-refractivity contribution in [1.82, 2.24) is 4.98 Å². The second-order valence-corrected chi connectivity index (χ2v) is 5.70. The van der Waals surface area contributed by atoms with Gasteiger partial charge in [-0.15, -0.1) is 0 Å². The predicted molar refractivity (Wildman–Crippen MR) is 74.7 cm³/mol. The molecule has 1 unspecified atom stereocenters. The van der Waals surface area contributed by atoms with Crippen molar-refractivity contribution in [1.29, 1.82) is 0 Å². The molecule has 2 aromatic rings. The highest BCUT2D eigenvalue weighted by atomic mass is 32.2. The van der Waals surface area contributed by atoms with E-state index in [-0.39, 0.29) is 0 Å². The normalized spacial score (nSPS) is 12.3. The Morgan fingerprint density at radius 2 is 2.00 bits per heavy atom. The highest BCUT2D eigenvalue weighted by Gasteiger charge is 2.09. The Balaban J connectivity index is 2.22. The molecule has 1 atom stereocenters. The molecule has 18 heavy (non-hydrogen) atoms. The van der Waals surface area contributed by atoms with Crippen LogP contribution < -0.4 is 5.73 Å². The van der Waals surface area contributed by atoms with Crippen molar-refractivity contribution in [2.24, 2.45) is 0 Å². The van der Waals surface area contributed by atoms with Crippen LogP contribution in [-0.2, 0) is 16.6 Å². The Morgan fingerprint density at radius 3 is 2.67 bits per heavy atom. The van der Waals surface area contributed by atoms with Gasteiger partial charge in [0.15, 0.2) is 0 Å². The molecule has 0 aliphatic carbocycles. The van der Waals surface area contributed by atoms with E-state index in [1.54, 1.807) is 6.07 Å². The van der Waals surface area contributed by atoms with E-state index in [4.69, 9.17) is 5.73 Å². The van der Waals surface area contributed by atoms with E-state index in [9.17, 15) is 4.21 Å². The van der Waals surface area contributed by atoms with E-state index in [0.29, 0.717) is 11.4 Å². The first-order valence-corrected chi connectivity index (χ1v) is 7.05. The molecule has 94 valence electrons. The van der Waals surface area contributed by atoms with Crippen LogP contribution in [0.3, 0.4) is 0 Å². The SMILES string of the molecule is Cc1cccc(CS(=O)c2ccc(N)cc2C)n1. The lowest BCUT2D eigenvalue weighted by molar-refractivity contribution is 0.681. The maximum absolute atomic E-state index is 12.3. The summed E-state index contributed by atoms with van der Waals surface area (Å²) in [7, 11) is -1.08. The number of nitrogen functional groups attached to an aromatic ring is 1. The van der Waals surface area contributed by atoms with E-state index in [1.807, 2.05) is 44.2 Å². The minimum Gasteiger partial charge on any atom is -0.399 e. The van der Waals surface area contributed by atoms with Crippen molar-refractivity contribution in [3.63, 3.8) is 0 Å². The fraction of sp³-hybridized carbons (Fsp3) is 0.214. The van der Waals surface area contributed by atoms with Crippen molar-refractivity contribution in [3.05, 3.63) is 53.3 Å². The first kappa shape index (κ1) is 12.8. The van der Waals surface area contributed by atoms with E-state index < -0.39 is 10.8 Å². The Kier molecular flexibility index (Phi) is 3.77. The van der Waals surface area contributed by atoms with Crippen LogP contribution in [0.2, 0.25) is 0 Å². The maximum Gasteiger partial charge on any atom is 0.0705 e. The molecule has 1 aromatic carbocycles. The van der Waals surface area contributed by atoms with Gasteiger partial charge in [-0.25, -0.2) is 0 Å². The third-order valence-electron chi connectivity index (χ3n) is 2.67. The molecule has 0 amide bonds. The summed E-state index contributed by atoms with van der Waals surface area (Å²) in [5, 5.41) is 0. The van der Waals surface area contributed by atoms with Gasteiger partial charge in [-0.3, -0.25) is 9.19 Å². The second-order valence-electron chi connectivity index (χ2n) is 4.29.